The van der Waals surface area contributed by atoms with Crippen molar-refractivity contribution in [3.05, 3.63) is 28.3 Å². The van der Waals surface area contributed by atoms with E-state index in [4.69, 9.17) is 16.3 Å². The number of hydrogen-bond acceptors (Lipinski definition) is 2. The highest BCUT2D eigenvalue weighted by atomic mass is 35.5. The van der Waals surface area contributed by atoms with Crippen molar-refractivity contribution in [3.8, 4) is 5.75 Å². The Labute approximate surface area is 108 Å². The first kappa shape index (κ1) is 12.7. The second-order valence-corrected chi connectivity index (χ2v) is 5.57. The van der Waals surface area contributed by atoms with Gasteiger partial charge in [0.2, 0.25) is 0 Å². The number of hydrogen-bond donors (Lipinski definition) is 1. The number of rotatable bonds is 3. The highest BCUT2D eigenvalue weighted by Gasteiger charge is 2.26. The van der Waals surface area contributed by atoms with E-state index in [9.17, 15) is 5.11 Å². The van der Waals surface area contributed by atoms with Crippen LogP contribution in [0.1, 0.15) is 38.0 Å². The standard InChI is InChI=1S/C14H19ClO2/c1-8(2)9(3)13(16)12-7-11(15)6-10-4-5-17-14(10)12/h6-9,13,16H,4-5H2,1-3H3. The van der Waals surface area contributed by atoms with Crippen molar-refractivity contribution in [1.29, 1.82) is 0 Å². The van der Waals surface area contributed by atoms with E-state index in [1.807, 2.05) is 12.1 Å². The Kier molecular flexibility index (Phi) is 3.64. The van der Waals surface area contributed by atoms with Crippen LogP contribution in [-0.4, -0.2) is 11.7 Å². The lowest BCUT2D eigenvalue weighted by Crippen LogP contribution is -2.15. The molecular formula is C14H19ClO2. The number of fused-ring (bicyclic) bond motifs is 1. The Morgan fingerprint density at radius 1 is 1.29 bits per heavy atom. The Balaban J connectivity index is 2.38. The fourth-order valence-electron chi connectivity index (χ4n) is 2.17. The summed E-state index contributed by atoms with van der Waals surface area (Å²) >= 11 is 6.09. The van der Waals surface area contributed by atoms with Gasteiger partial charge in [-0.05, 0) is 29.5 Å². The Hall–Kier alpha value is -0.730. The molecule has 2 nitrogen and oxygen atoms in total. The first-order valence-electron chi connectivity index (χ1n) is 6.14. The molecule has 3 heteroatoms. The van der Waals surface area contributed by atoms with E-state index < -0.39 is 6.10 Å². The first-order valence-corrected chi connectivity index (χ1v) is 6.51. The Bertz CT molecular complexity index is 415. The molecule has 1 aliphatic rings. The summed E-state index contributed by atoms with van der Waals surface area (Å²) < 4.78 is 5.62. The van der Waals surface area contributed by atoms with Gasteiger partial charge >= 0.3 is 0 Å². The molecule has 0 amide bonds. The van der Waals surface area contributed by atoms with E-state index in [1.54, 1.807) is 0 Å². The monoisotopic (exact) mass is 254 g/mol. The van der Waals surface area contributed by atoms with Crippen molar-refractivity contribution in [2.45, 2.75) is 33.3 Å². The zero-order chi connectivity index (χ0) is 12.6. The number of aliphatic hydroxyl groups is 1. The quantitative estimate of drug-likeness (QED) is 0.893. The van der Waals surface area contributed by atoms with Gasteiger partial charge in [0.15, 0.2) is 0 Å². The predicted octanol–water partition coefficient (Wildman–Crippen LogP) is 3.60. The zero-order valence-electron chi connectivity index (χ0n) is 10.5. The van der Waals surface area contributed by atoms with Gasteiger partial charge in [0.25, 0.3) is 0 Å². The van der Waals surface area contributed by atoms with Crippen molar-refractivity contribution in [3.63, 3.8) is 0 Å². The third-order valence-corrected chi connectivity index (χ3v) is 3.86. The Morgan fingerprint density at radius 3 is 2.65 bits per heavy atom. The highest BCUT2D eigenvalue weighted by molar-refractivity contribution is 6.30. The molecule has 94 valence electrons. The molecule has 1 aliphatic heterocycles. The molecule has 0 bridgehead atoms. The molecule has 1 N–H and O–H groups in total. The summed E-state index contributed by atoms with van der Waals surface area (Å²) in [5.74, 6) is 1.44. The van der Waals surface area contributed by atoms with Crippen LogP contribution < -0.4 is 4.74 Å². The average molecular weight is 255 g/mol. The summed E-state index contributed by atoms with van der Waals surface area (Å²) in [6.45, 7) is 6.96. The van der Waals surface area contributed by atoms with Crippen LogP contribution in [0.5, 0.6) is 5.75 Å². The molecule has 1 aromatic rings. The Morgan fingerprint density at radius 2 is 2.00 bits per heavy atom. The van der Waals surface area contributed by atoms with Gasteiger partial charge in [0.1, 0.15) is 5.75 Å². The number of halogens is 1. The largest absolute Gasteiger partial charge is 0.493 e. The molecule has 0 spiro atoms. The molecule has 0 saturated carbocycles. The maximum Gasteiger partial charge on any atom is 0.128 e. The summed E-state index contributed by atoms with van der Waals surface area (Å²) in [7, 11) is 0. The van der Waals surface area contributed by atoms with Crippen molar-refractivity contribution in [2.24, 2.45) is 11.8 Å². The molecule has 0 aromatic heterocycles. The van der Waals surface area contributed by atoms with Gasteiger partial charge in [-0.2, -0.15) is 0 Å². The molecule has 1 heterocycles. The topological polar surface area (TPSA) is 29.5 Å². The predicted molar refractivity (Wildman–Crippen MR) is 69.6 cm³/mol. The molecule has 1 aromatic carbocycles. The van der Waals surface area contributed by atoms with Crippen LogP contribution >= 0.6 is 11.6 Å². The number of ether oxygens (including phenoxy) is 1. The second-order valence-electron chi connectivity index (χ2n) is 5.13. The van der Waals surface area contributed by atoms with Crippen molar-refractivity contribution in [1.82, 2.24) is 0 Å². The normalized spacial score (nSPS) is 17.8. The van der Waals surface area contributed by atoms with Crippen molar-refractivity contribution < 1.29 is 9.84 Å². The van der Waals surface area contributed by atoms with Gasteiger partial charge < -0.3 is 9.84 Å². The summed E-state index contributed by atoms with van der Waals surface area (Å²) in [6, 6.07) is 3.76. The second kappa shape index (κ2) is 4.87. The first-order chi connectivity index (χ1) is 8.00. The third-order valence-electron chi connectivity index (χ3n) is 3.65. The molecule has 17 heavy (non-hydrogen) atoms. The summed E-state index contributed by atoms with van der Waals surface area (Å²) in [5.41, 5.74) is 1.95. The van der Waals surface area contributed by atoms with Gasteiger partial charge in [0.05, 0.1) is 12.7 Å². The van der Waals surface area contributed by atoms with Crippen LogP contribution in [0.25, 0.3) is 0 Å². The molecule has 0 radical (unpaired) electrons. The van der Waals surface area contributed by atoms with E-state index in [2.05, 4.69) is 20.8 Å². The number of benzene rings is 1. The maximum atomic E-state index is 10.4. The van der Waals surface area contributed by atoms with Crippen molar-refractivity contribution >= 4 is 11.6 Å². The molecule has 2 rings (SSSR count). The third kappa shape index (κ3) is 2.43. The van der Waals surface area contributed by atoms with Crippen LogP contribution in [0, 0.1) is 11.8 Å². The van der Waals surface area contributed by atoms with Gasteiger partial charge in [-0.1, -0.05) is 32.4 Å². The van der Waals surface area contributed by atoms with Crippen LogP contribution in [-0.2, 0) is 6.42 Å². The highest BCUT2D eigenvalue weighted by Crippen LogP contribution is 2.40. The van der Waals surface area contributed by atoms with Crippen LogP contribution in [0.3, 0.4) is 0 Å². The lowest BCUT2D eigenvalue weighted by Gasteiger charge is -2.24. The van der Waals surface area contributed by atoms with Gasteiger partial charge in [0, 0.05) is 17.0 Å². The van der Waals surface area contributed by atoms with Gasteiger partial charge in [-0.3, -0.25) is 0 Å². The number of aliphatic hydroxyl groups excluding tert-OH is 1. The summed E-state index contributed by atoms with van der Waals surface area (Å²) in [4.78, 5) is 0. The lowest BCUT2D eigenvalue weighted by molar-refractivity contribution is 0.0894. The minimum atomic E-state index is -0.513. The zero-order valence-corrected chi connectivity index (χ0v) is 11.3. The van der Waals surface area contributed by atoms with E-state index in [-0.39, 0.29) is 5.92 Å². The van der Waals surface area contributed by atoms with Gasteiger partial charge in [-0.15, -0.1) is 0 Å². The smallest absolute Gasteiger partial charge is 0.128 e. The molecule has 0 fully saturated rings. The summed E-state index contributed by atoms with van der Waals surface area (Å²) in [5, 5.41) is 11.1. The fourth-order valence-corrected chi connectivity index (χ4v) is 2.41. The lowest BCUT2D eigenvalue weighted by atomic mass is 9.87. The summed E-state index contributed by atoms with van der Waals surface area (Å²) in [6.07, 6.45) is 0.367. The molecule has 2 unspecified atom stereocenters. The molecule has 0 aliphatic carbocycles. The van der Waals surface area contributed by atoms with E-state index in [1.165, 1.54) is 0 Å². The maximum absolute atomic E-state index is 10.4. The minimum Gasteiger partial charge on any atom is -0.493 e. The fraction of sp³-hybridized carbons (Fsp3) is 0.571. The van der Waals surface area contributed by atoms with E-state index in [0.717, 1.165) is 23.3 Å². The molecule has 2 atom stereocenters. The van der Waals surface area contributed by atoms with Gasteiger partial charge in [-0.25, -0.2) is 0 Å². The molecular weight excluding hydrogens is 236 g/mol. The SMILES string of the molecule is CC(C)C(C)C(O)c1cc(Cl)cc2c1OCC2. The molecule has 0 saturated heterocycles. The van der Waals surface area contributed by atoms with Crippen LogP contribution in [0.4, 0.5) is 0 Å². The average Bonchev–Trinajstić information content (AvgIpc) is 2.73. The van der Waals surface area contributed by atoms with Crippen LogP contribution in [0.15, 0.2) is 12.1 Å². The minimum absolute atomic E-state index is 0.182. The van der Waals surface area contributed by atoms with Crippen molar-refractivity contribution in [2.75, 3.05) is 6.61 Å². The van der Waals surface area contributed by atoms with Crippen LogP contribution in [0.2, 0.25) is 5.02 Å². The van der Waals surface area contributed by atoms with E-state index >= 15 is 0 Å². The van der Waals surface area contributed by atoms with E-state index in [0.29, 0.717) is 17.5 Å².